The topological polar surface area (TPSA) is 57.3 Å². The Morgan fingerprint density at radius 1 is 0.972 bits per heavy atom. The second-order valence-electron chi connectivity index (χ2n) is 9.63. The zero-order valence-electron chi connectivity index (χ0n) is 19.8. The first-order valence-electron chi connectivity index (χ1n) is 12.3. The van der Waals surface area contributed by atoms with Crippen LogP contribution in [0.1, 0.15) is 34.2 Å². The maximum atomic E-state index is 13.3. The van der Waals surface area contributed by atoms with E-state index in [2.05, 4.69) is 32.7 Å². The number of likely N-dealkylation sites (tertiary alicyclic amines) is 1. The van der Waals surface area contributed by atoms with E-state index in [4.69, 9.17) is 0 Å². The number of halogens is 3. The van der Waals surface area contributed by atoms with Gasteiger partial charge in [0.15, 0.2) is 0 Å². The number of rotatable bonds is 7. The molecule has 2 aliphatic rings. The van der Waals surface area contributed by atoms with Gasteiger partial charge in [-0.2, -0.15) is 13.2 Å². The van der Waals surface area contributed by atoms with Gasteiger partial charge < -0.3 is 10.6 Å². The first-order valence-corrected chi connectivity index (χ1v) is 12.3. The molecule has 1 aliphatic heterocycles. The lowest BCUT2D eigenvalue weighted by Crippen LogP contribution is -2.48. The number of carbonyl (C=O) groups is 1. The Kier molecular flexibility index (Phi) is 7.07. The first kappa shape index (κ1) is 24.5. The Labute approximate surface area is 208 Å². The molecule has 1 aliphatic carbocycles. The number of nitrogens with zero attached hydrogens (tertiary/aromatic N) is 2. The SMILES string of the molecule is O=C(NCc1cccnc1)[C@@H]1C[C@H](NCc2cccc(C(F)(F)F)c2)CN1C1Cc2ccccc2C1. The van der Waals surface area contributed by atoms with Gasteiger partial charge in [0.25, 0.3) is 0 Å². The highest BCUT2D eigenvalue weighted by molar-refractivity contribution is 5.82. The predicted molar refractivity (Wildman–Crippen MR) is 131 cm³/mol. The minimum atomic E-state index is -4.37. The standard InChI is InChI=1S/C28H29F3N4O/c29-28(30,31)23-9-3-5-19(11-23)16-33-24-14-26(27(36)34-17-20-6-4-10-32-15-20)35(18-24)25-12-21-7-1-2-8-22(21)13-25/h1-11,15,24-26,33H,12-14,16-18H2,(H,34,36)/t24-,26-/m0/s1. The van der Waals surface area contributed by atoms with Crippen LogP contribution in [0.15, 0.2) is 73.1 Å². The molecular weight excluding hydrogens is 465 g/mol. The molecule has 0 unspecified atom stereocenters. The molecule has 0 saturated carbocycles. The van der Waals surface area contributed by atoms with E-state index in [1.165, 1.54) is 23.3 Å². The van der Waals surface area contributed by atoms with Crippen LogP contribution in [-0.2, 0) is 36.9 Å². The fraction of sp³-hybridized carbons (Fsp3) is 0.357. The zero-order chi connectivity index (χ0) is 25.1. The zero-order valence-corrected chi connectivity index (χ0v) is 19.8. The summed E-state index contributed by atoms with van der Waals surface area (Å²) in [4.78, 5) is 19.7. The van der Waals surface area contributed by atoms with E-state index in [0.717, 1.165) is 24.5 Å². The monoisotopic (exact) mass is 494 g/mol. The molecule has 8 heteroatoms. The Bertz CT molecular complexity index is 1180. The third-order valence-electron chi connectivity index (χ3n) is 7.18. The number of aromatic nitrogens is 1. The highest BCUT2D eigenvalue weighted by Crippen LogP contribution is 2.32. The smallest absolute Gasteiger partial charge is 0.351 e. The maximum Gasteiger partial charge on any atom is 0.416 e. The largest absolute Gasteiger partial charge is 0.416 e. The number of hydrogen-bond donors (Lipinski definition) is 2. The molecule has 1 saturated heterocycles. The molecule has 0 radical (unpaired) electrons. The fourth-order valence-electron chi connectivity index (χ4n) is 5.37. The van der Waals surface area contributed by atoms with Gasteiger partial charge in [-0.3, -0.25) is 14.7 Å². The molecule has 5 nitrogen and oxygen atoms in total. The molecule has 2 aromatic carbocycles. The highest BCUT2D eigenvalue weighted by atomic mass is 19.4. The van der Waals surface area contributed by atoms with E-state index >= 15 is 0 Å². The molecule has 1 aromatic heterocycles. The van der Waals surface area contributed by atoms with E-state index in [-0.39, 0.29) is 24.0 Å². The van der Waals surface area contributed by atoms with Crippen LogP contribution >= 0.6 is 0 Å². The summed E-state index contributed by atoms with van der Waals surface area (Å²) in [5.74, 6) is -0.0295. The normalized spacial score (nSPS) is 20.4. The summed E-state index contributed by atoms with van der Waals surface area (Å²) in [6.07, 6.45) is 1.45. The molecule has 2 heterocycles. The summed E-state index contributed by atoms with van der Waals surface area (Å²) in [7, 11) is 0. The Balaban J connectivity index is 1.27. The lowest BCUT2D eigenvalue weighted by Gasteiger charge is -2.29. The predicted octanol–water partition coefficient (Wildman–Crippen LogP) is 4.12. The molecule has 2 N–H and O–H groups in total. The van der Waals surface area contributed by atoms with Crippen molar-refractivity contribution in [2.75, 3.05) is 6.54 Å². The number of fused-ring (bicyclic) bond motifs is 1. The van der Waals surface area contributed by atoms with Crippen LogP contribution in [-0.4, -0.2) is 40.5 Å². The summed E-state index contributed by atoms with van der Waals surface area (Å²) < 4.78 is 39.3. The van der Waals surface area contributed by atoms with E-state index in [0.29, 0.717) is 31.6 Å². The molecule has 1 fully saturated rings. The average molecular weight is 495 g/mol. The van der Waals surface area contributed by atoms with Gasteiger partial charge in [0.2, 0.25) is 5.91 Å². The third-order valence-corrected chi connectivity index (χ3v) is 7.18. The molecule has 0 bridgehead atoms. The van der Waals surface area contributed by atoms with Crippen molar-refractivity contribution in [3.05, 3.63) is 101 Å². The summed E-state index contributed by atoms with van der Waals surface area (Å²) in [6, 6.07) is 17.5. The Morgan fingerprint density at radius 2 is 1.72 bits per heavy atom. The van der Waals surface area contributed by atoms with Crippen LogP contribution in [0, 0.1) is 0 Å². The van der Waals surface area contributed by atoms with Gasteiger partial charge in [0.1, 0.15) is 0 Å². The maximum absolute atomic E-state index is 13.3. The second kappa shape index (κ2) is 10.4. The van der Waals surface area contributed by atoms with Crippen molar-refractivity contribution in [2.24, 2.45) is 0 Å². The number of hydrogen-bond acceptors (Lipinski definition) is 4. The molecule has 1 amide bonds. The molecule has 5 rings (SSSR count). The van der Waals surface area contributed by atoms with Crippen molar-refractivity contribution in [1.29, 1.82) is 0 Å². The number of benzene rings is 2. The molecule has 3 aromatic rings. The van der Waals surface area contributed by atoms with E-state index < -0.39 is 11.7 Å². The van der Waals surface area contributed by atoms with Crippen LogP contribution in [0.2, 0.25) is 0 Å². The van der Waals surface area contributed by atoms with Crippen LogP contribution in [0.25, 0.3) is 0 Å². The number of carbonyl (C=O) groups excluding carboxylic acids is 1. The molecule has 0 spiro atoms. The number of pyridine rings is 1. The van der Waals surface area contributed by atoms with Crippen molar-refractivity contribution in [1.82, 2.24) is 20.5 Å². The minimum Gasteiger partial charge on any atom is -0.351 e. The van der Waals surface area contributed by atoms with Crippen molar-refractivity contribution >= 4 is 5.91 Å². The summed E-state index contributed by atoms with van der Waals surface area (Å²) >= 11 is 0. The number of nitrogens with one attached hydrogen (secondary N) is 2. The fourth-order valence-corrected chi connectivity index (χ4v) is 5.37. The minimum absolute atomic E-state index is 0.00241. The number of alkyl halides is 3. The number of amides is 1. The van der Waals surface area contributed by atoms with Crippen molar-refractivity contribution < 1.29 is 18.0 Å². The van der Waals surface area contributed by atoms with Crippen LogP contribution in [0.5, 0.6) is 0 Å². The quantitative estimate of drug-likeness (QED) is 0.519. The van der Waals surface area contributed by atoms with Gasteiger partial charge >= 0.3 is 6.18 Å². The van der Waals surface area contributed by atoms with Crippen LogP contribution < -0.4 is 10.6 Å². The van der Waals surface area contributed by atoms with Crippen LogP contribution in [0.4, 0.5) is 13.2 Å². The van der Waals surface area contributed by atoms with Gasteiger partial charge in [-0.15, -0.1) is 0 Å². The van der Waals surface area contributed by atoms with Gasteiger partial charge in [-0.25, -0.2) is 0 Å². The lowest BCUT2D eigenvalue weighted by molar-refractivity contribution is -0.137. The highest BCUT2D eigenvalue weighted by Gasteiger charge is 2.42. The summed E-state index contributed by atoms with van der Waals surface area (Å²) in [6.45, 7) is 1.39. The average Bonchev–Trinajstić information content (AvgIpc) is 3.51. The Morgan fingerprint density at radius 3 is 2.42 bits per heavy atom. The third kappa shape index (κ3) is 5.60. The summed E-state index contributed by atoms with van der Waals surface area (Å²) in [5, 5.41) is 6.47. The molecule has 2 atom stereocenters. The van der Waals surface area contributed by atoms with Gasteiger partial charge in [-0.05, 0) is 53.6 Å². The molecule has 36 heavy (non-hydrogen) atoms. The molecular formula is C28H29F3N4O. The van der Waals surface area contributed by atoms with Crippen LogP contribution in [0.3, 0.4) is 0 Å². The van der Waals surface area contributed by atoms with Gasteiger partial charge in [0.05, 0.1) is 11.6 Å². The Hall–Kier alpha value is -3.23. The lowest BCUT2D eigenvalue weighted by atomic mass is 10.1. The van der Waals surface area contributed by atoms with E-state index in [1.54, 1.807) is 18.5 Å². The molecule has 188 valence electrons. The van der Waals surface area contributed by atoms with E-state index in [1.807, 2.05) is 24.3 Å². The van der Waals surface area contributed by atoms with Crippen molar-refractivity contribution in [3.63, 3.8) is 0 Å². The van der Waals surface area contributed by atoms with Crippen molar-refractivity contribution in [2.45, 2.75) is 56.7 Å². The summed E-state index contributed by atoms with van der Waals surface area (Å²) in [5.41, 5.74) is 3.50. The van der Waals surface area contributed by atoms with Crippen molar-refractivity contribution in [3.8, 4) is 0 Å². The van der Waals surface area contributed by atoms with E-state index in [9.17, 15) is 18.0 Å². The van der Waals surface area contributed by atoms with Gasteiger partial charge in [0, 0.05) is 44.1 Å². The second-order valence-corrected chi connectivity index (χ2v) is 9.63. The van der Waals surface area contributed by atoms with Gasteiger partial charge in [-0.1, -0.05) is 48.5 Å². The first-order chi connectivity index (χ1) is 17.4.